The molecule has 1 atom stereocenters. The molecule has 4 nitrogen and oxygen atoms in total. The Morgan fingerprint density at radius 3 is 2.05 bits per heavy atom. The van der Waals surface area contributed by atoms with Crippen molar-refractivity contribution in [2.45, 2.75) is 13.0 Å². The molecule has 0 bridgehead atoms. The van der Waals surface area contributed by atoms with Crippen LogP contribution in [0, 0.1) is 5.82 Å². The fourth-order valence-electron chi connectivity index (χ4n) is 1.91. The van der Waals surface area contributed by atoms with Gasteiger partial charge in [-0.05, 0) is 25.1 Å². The van der Waals surface area contributed by atoms with Gasteiger partial charge in [0, 0.05) is 23.8 Å². The number of hydrogen-bond donors (Lipinski definition) is 1. The van der Waals surface area contributed by atoms with Crippen molar-refractivity contribution in [2.24, 2.45) is 0 Å². The van der Waals surface area contributed by atoms with Crippen LogP contribution in [0.1, 0.15) is 18.6 Å². The summed E-state index contributed by atoms with van der Waals surface area (Å²) in [6.45, 7) is 1.55. The van der Waals surface area contributed by atoms with E-state index in [9.17, 15) is 9.50 Å². The zero-order valence-electron chi connectivity index (χ0n) is 12.1. The molecule has 0 saturated carbocycles. The maximum Gasteiger partial charge on any atom is 0.134 e. The minimum absolute atomic E-state index is 0.372. The topological polar surface area (TPSA) is 47.9 Å². The van der Waals surface area contributed by atoms with Crippen LogP contribution in [0.4, 0.5) is 4.39 Å². The molecule has 0 saturated heterocycles. The lowest BCUT2D eigenvalue weighted by molar-refractivity contribution is 0.195. The van der Waals surface area contributed by atoms with E-state index in [0.29, 0.717) is 28.6 Å². The standard InChI is InChI=1S/C16H17FO4/c1-10(18)15-6-11(17)4-5-16(15)21-14-8-12(19-2)7-13(9-14)20-3/h4-10,18H,1-3H3/t10-/m1/s1. The number of rotatable bonds is 5. The lowest BCUT2D eigenvalue weighted by Gasteiger charge is -2.14. The molecule has 0 heterocycles. The first-order valence-corrected chi connectivity index (χ1v) is 6.42. The van der Waals surface area contributed by atoms with E-state index in [2.05, 4.69) is 0 Å². The highest BCUT2D eigenvalue weighted by atomic mass is 19.1. The highest BCUT2D eigenvalue weighted by Gasteiger charge is 2.12. The van der Waals surface area contributed by atoms with E-state index in [1.54, 1.807) is 25.1 Å². The number of halogens is 1. The van der Waals surface area contributed by atoms with Gasteiger partial charge in [-0.2, -0.15) is 0 Å². The molecule has 112 valence electrons. The number of aliphatic hydroxyl groups is 1. The van der Waals surface area contributed by atoms with E-state index in [1.807, 2.05) is 0 Å². The van der Waals surface area contributed by atoms with Gasteiger partial charge < -0.3 is 19.3 Å². The quantitative estimate of drug-likeness (QED) is 0.913. The Morgan fingerprint density at radius 1 is 0.952 bits per heavy atom. The van der Waals surface area contributed by atoms with E-state index in [-0.39, 0.29) is 0 Å². The van der Waals surface area contributed by atoms with E-state index >= 15 is 0 Å². The minimum Gasteiger partial charge on any atom is -0.496 e. The maximum atomic E-state index is 13.3. The summed E-state index contributed by atoms with van der Waals surface area (Å²) >= 11 is 0. The Morgan fingerprint density at radius 2 is 1.52 bits per heavy atom. The Bertz CT molecular complexity index is 603. The summed E-state index contributed by atoms with van der Waals surface area (Å²) in [7, 11) is 3.08. The van der Waals surface area contributed by atoms with E-state index < -0.39 is 11.9 Å². The molecule has 1 N–H and O–H groups in total. The van der Waals surface area contributed by atoms with Crippen molar-refractivity contribution in [3.63, 3.8) is 0 Å². The third-order valence-electron chi connectivity index (χ3n) is 2.97. The molecule has 2 aromatic rings. The van der Waals surface area contributed by atoms with Crippen molar-refractivity contribution >= 4 is 0 Å². The van der Waals surface area contributed by atoms with E-state index in [4.69, 9.17) is 14.2 Å². The van der Waals surface area contributed by atoms with Crippen LogP contribution in [0.2, 0.25) is 0 Å². The zero-order valence-corrected chi connectivity index (χ0v) is 12.1. The van der Waals surface area contributed by atoms with Crippen LogP contribution in [0.5, 0.6) is 23.0 Å². The van der Waals surface area contributed by atoms with Crippen molar-refractivity contribution in [2.75, 3.05) is 14.2 Å². The molecule has 0 aliphatic rings. The smallest absolute Gasteiger partial charge is 0.134 e. The number of hydrogen-bond acceptors (Lipinski definition) is 4. The predicted molar refractivity (Wildman–Crippen MR) is 76.7 cm³/mol. The van der Waals surface area contributed by atoms with Gasteiger partial charge >= 0.3 is 0 Å². The van der Waals surface area contributed by atoms with Gasteiger partial charge in [-0.1, -0.05) is 0 Å². The highest BCUT2D eigenvalue weighted by molar-refractivity contribution is 5.45. The zero-order chi connectivity index (χ0) is 15.4. The highest BCUT2D eigenvalue weighted by Crippen LogP contribution is 2.34. The van der Waals surface area contributed by atoms with Gasteiger partial charge in [0.1, 0.15) is 28.8 Å². The number of ether oxygens (including phenoxy) is 3. The first kappa shape index (κ1) is 15.1. The second-order valence-electron chi connectivity index (χ2n) is 4.51. The summed E-state index contributed by atoms with van der Waals surface area (Å²) < 4.78 is 29.3. The summed E-state index contributed by atoms with van der Waals surface area (Å²) in [5.74, 6) is 1.57. The minimum atomic E-state index is -0.844. The number of methoxy groups -OCH3 is 2. The second-order valence-corrected chi connectivity index (χ2v) is 4.51. The van der Waals surface area contributed by atoms with Crippen molar-refractivity contribution in [3.05, 3.63) is 47.8 Å². The van der Waals surface area contributed by atoms with Gasteiger partial charge in [-0.3, -0.25) is 0 Å². The van der Waals surface area contributed by atoms with Gasteiger partial charge in [-0.25, -0.2) is 4.39 Å². The largest absolute Gasteiger partial charge is 0.496 e. The molecule has 2 rings (SSSR count). The molecule has 0 aliphatic carbocycles. The SMILES string of the molecule is COc1cc(OC)cc(Oc2ccc(F)cc2[C@@H](C)O)c1. The maximum absolute atomic E-state index is 13.3. The average molecular weight is 292 g/mol. The monoisotopic (exact) mass is 292 g/mol. The van der Waals surface area contributed by atoms with Gasteiger partial charge in [-0.15, -0.1) is 0 Å². The molecule has 0 radical (unpaired) electrons. The number of aliphatic hydroxyl groups excluding tert-OH is 1. The Hall–Kier alpha value is -2.27. The Kier molecular flexibility index (Phi) is 4.65. The van der Waals surface area contributed by atoms with Crippen LogP contribution in [0.3, 0.4) is 0 Å². The summed E-state index contributed by atoms with van der Waals surface area (Å²) in [6, 6.07) is 9.07. The fourth-order valence-corrected chi connectivity index (χ4v) is 1.91. The van der Waals surface area contributed by atoms with Crippen LogP contribution < -0.4 is 14.2 Å². The van der Waals surface area contributed by atoms with Crippen LogP contribution in [0.15, 0.2) is 36.4 Å². The summed E-state index contributed by atoms with van der Waals surface area (Å²) in [6.07, 6.45) is -0.844. The van der Waals surface area contributed by atoms with Crippen LogP contribution >= 0.6 is 0 Å². The first-order valence-electron chi connectivity index (χ1n) is 6.42. The van der Waals surface area contributed by atoms with E-state index in [1.165, 1.54) is 32.4 Å². The van der Waals surface area contributed by atoms with Gasteiger partial charge in [0.05, 0.1) is 20.3 Å². The van der Waals surface area contributed by atoms with Gasteiger partial charge in [0.2, 0.25) is 0 Å². The fraction of sp³-hybridized carbons (Fsp3) is 0.250. The Balaban J connectivity index is 2.38. The van der Waals surface area contributed by atoms with Crippen molar-refractivity contribution in [1.82, 2.24) is 0 Å². The molecule has 21 heavy (non-hydrogen) atoms. The van der Waals surface area contributed by atoms with Crippen LogP contribution in [0.25, 0.3) is 0 Å². The lowest BCUT2D eigenvalue weighted by Crippen LogP contribution is -1.98. The molecule has 2 aromatic carbocycles. The molecule has 5 heteroatoms. The predicted octanol–water partition coefficient (Wildman–Crippen LogP) is 3.69. The third kappa shape index (κ3) is 3.64. The molecule has 0 aromatic heterocycles. The average Bonchev–Trinajstić information content (AvgIpc) is 2.48. The third-order valence-corrected chi connectivity index (χ3v) is 2.97. The molecule has 0 spiro atoms. The Labute approximate surface area is 122 Å². The first-order chi connectivity index (χ1) is 10.0. The molecule has 0 amide bonds. The molecule has 0 unspecified atom stereocenters. The molecule has 0 aliphatic heterocycles. The normalized spacial score (nSPS) is 11.9. The van der Waals surface area contributed by atoms with Crippen LogP contribution in [-0.4, -0.2) is 19.3 Å². The summed E-state index contributed by atoms with van der Waals surface area (Å²) in [4.78, 5) is 0. The van der Waals surface area contributed by atoms with Crippen molar-refractivity contribution < 1.29 is 23.7 Å². The van der Waals surface area contributed by atoms with Crippen LogP contribution in [-0.2, 0) is 0 Å². The van der Waals surface area contributed by atoms with Crippen molar-refractivity contribution in [3.8, 4) is 23.0 Å². The van der Waals surface area contributed by atoms with E-state index in [0.717, 1.165) is 0 Å². The second kappa shape index (κ2) is 6.45. The summed E-state index contributed by atoms with van der Waals surface area (Å²) in [5.41, 5.74) is 0.372. The van der Waals surface area contributed by atoms with Gasteiger partial charge in [0.25, 0.3) is 0 Å². The molecule has 0 fully saturated rings. The van der Waals surface area contributed by atoms with Gasteiger partial charge in [0.15, 0.2) is 0 Å². The lowest BCUT2D eigenvalue weighted by atomic mass is 10.1. The van der Waals surface area contributed by atoms with Crippen molar-refractivity contribution in [1.29, 1.82) is 0 Å². The molecular formula is C16H17FO4. The number of benzene rings is 2. The summed E-state index contributed by atoms with van der Waals surface area (Å²) in [5, 5.41) is 9.71. The molecular weight excluding hydrogens is 275 g/mol.